The molecule has 0 aliphatic rings. The molecule has 0 saturated carbocycles. The second kappa shape index (κ2) is 9.26. The van der Waals surface area contributed by atoms with E-state index in [0.29, 0.717) is 24.4 Å². The highest BCUT2D eigenvalue weighted by atomic mass is 31.2. The van der Waals surface area contributed by atoms with Crippen LogP contribution < -0.4 is 19.8 Å². The molecule has 8 nitrogen and oxygen atoms in total. The van der Waals surface area contributed by atoms with Gasteiger partial charge in [0.15, 0.2) is 5.76 Å². The van der Waals surface area contributed by atoms with Gasteiger partial charge in [0.1, 0.15) is 24.1 Å². The zero-order valence-electron chi connectivity index (χ0n) is 17.4. The number of ether oxygens (including phenoxy) is 1. The van der Waals surface area contributed by atoms with Crippen molar-refractivity contribution in [3.8, 4) is 17.1 Å². The highest BCUT2D eigenvalue weighted by Crippen LogP contribution is 2.31. The lowest BCUT2D eigenvalue weighted by molar-refractivity contribution is -0.847. The molecule has 0 bridgehead atoms. The molecule has 0 aliphatic heterocycles. The van der Waals surface area contributed by atoms with Crippen LogP contribution in [0.25, 0.3) is 11.3 Å². The molecule has 4 aromatic rings. The topological polar surface area (TPSA) is 112 Å². The van der Waals surface area contributed by atoms with Crippen LogP contribution in [-0.4, -0.2) is 16.7 Å². The van der Waals surface area contributed by atoms with Crippen molar-refractivity contribution in [3.05, 3.63) is 95.8 Å². The van der Waals surface area contributed by atoms with Gasteiger partial charge >= 0.3 is 13.4 Å². The average molecular weight is 452 g/mol. The molecule has 2 aromatic heterocycles. The second-order valence-electron chi connectivity index (χ2n) is 7.30. The van der Waals surface area contributed by atoms with Gasteiger partial charge in [-0.2, -0.15) is 0 Å². The molecule has 2 aromatic carbocycles. The summed E-state index contributed by atoms with van der Waals surface area (Å²) in [5.74, 6) is 1.35. The van der Waals surface area contributed by atoms with E-state index in [9.17, 15) is 9.46 Å². The average Bonchev–Trinajstić information content (AvgIpc) is 3.23. The molecule has 0 radical (unpaired) electrons. The van der Waals surface area contributed by atoms with E-state index >= 15 is 0 Å². The third kappa shape index (κ3) is 5.55. The van der Waals surface area contributed by atoms with Crippen molar-refractivity contribution in [1.29, 1.82) is 0 Å². The van der Waals surface area contributed by atoms with Crippen molar-refractivity contribution < 1.29 is 28.1 Å². The molecule has 164 valence electrons. The highest BCUT2D eigenvalue weighted by molar-refractivity contribution is 7.51. The zero-order valence-corrected chi connectivity index (χ0v) is 18.3. The Balaban J connectivity index is 1.42. The van der Waals surface area contributed by atoms with Crippen LogP contribution in [0.15, 0.2) is 83.5 Å². The summed E-state index contributed by atoms with van der Waals surface area (Å²) in [6.07, 6.45) is 2.01. The molecule has 9 heteroatoms. The number of nitrogens with two attached hydrogens (primary N) is 1. The third-order valence-corrected chi connectivity index (χ3v) is 5.10. The lowest BCUT2D eigenvalue weighted by Crippen LogP contribution is -2.43. The van der Waals surface area contributed by atoms with E-state index in [1.807, 2.05) is 54.6 Å². The van der Waals surface area contributed by atoms with Gasteiger partial charge in [-0.3, -0.25) is 10.4 Å². The minimum atomic E-state index is -3.77. The van der Waals surface area contributed by atoms with E-state index in [2.05, 4.69) is 5.16 Å². The SMILES string of the molecule is CP(=O)(O)O[n+]1cccc(-c2cc(Cc3ccc(OCc4ccccc4)cc3)no2)c1N. The largest absolute Gasteiger partial charge is 0.489 e. The predicted molar refractivity (Wildman–Crippen MR) is 119 cm³/mol. The highest BCUT2D eigenvalue weighted by Gasteiger charge is 2.23. The Morgan fingerprint density at radius 2 is 1.81 bits per heavy atom. The molecule has 3 N–H and O–H groups in total. The first-order chi connectivity index (χ1) is 15.4. The molecular formula is C23H23N3O5P+. The van der Waals surface area contributed by atoms with Crippen molar-refractivity contribution in [3.63, 3.8) is 0 Å². The smallest absolute Gasteiger partial charge is 0.415 e. The van der Waals surface area contributed by atoms with Gasteiger partial charge in [-0.25, -0.2) is 4.57 Å². The van der Waals surface area contributed by atoms with Gasteiger partial charge in [0.2, 0.25) is 0 Å². The van der Waals surface area contributed by atoms with Gasteiger partial charge in [0.05, 0.1) is 12.4 Å². The van der Waals surface area contributed by atoms with Crippen LogP contribution in [0.5, 0.6) is 5.75 Å². The maximum Gasteiger partial charge on any atom is 0.415 e. The maximum atomic E-state index is 11.5. The molecule has 1 atom stereocenters. The number of hydrogen-bond donors (Lipinski definition) is 2. The van der Waals surface area contributed by atoms with Crippen molar-refractivity contribution in [2.24, 2.45) is 0 Å². The maximum absolute atomic E-state index is 11.5. The van der Waals surface area contributed by atoms with Crippen molar-refractivity contribution in [1.82, 2.24) is 5.16 Å². The molecule has 4 rings (SSSR count). The van der Waals surface area contributed by atoms with Crippen LogP contribution in [0.4, 0.5) is 5.82 Å². The number of benzene rings is 2. The molecule has 0 aliphatic carbocycles. The summed E-state index contributed by atoms with van der Waals surface area (Å²) in [5, 5.41) is 4.12. The summed E-state index contributed by atoms with van der Waals surface area (Å²) in [6, 6.07) is 22.9. The molecule has 0 fully saturated rings. The van der Waals surface area contributed by atoms with Gasteiger partial charge in [-0.05, 0) is 40.1 Å². The number of pyridine rings is 1. The predicted octanol–water partition coefficient (Wildman–Crippen LogP) is 3.62. The Bertz CT molecular complexity index is 1240. The molecular weight excluding hydrogens is 429 g/mol. The van der Waals surface area contributed by atoms with E-state index in [1.54, 1.807) is 18.2 Å². The number of nitrogen functional groups attached to an aromatic ring is 1. The fourth-order valence-corrected chi connectivity index (χ4v) is 3.59. The van der Waals surface area contributed by atoms with E-state index in [-0.39, 0.29) is 5.82 Å². The van der Waals surface area contributed by atoms with Gasteiger partial charge < -0.3 is 14.2 Å². The lowest BCUT2D eigenvalue weighted by Gasteiger charge is -2.07. The second-order valence-corrected chi connectivity index (χ2v) is 9.06. The van der Waals surface area contributed by atoms with Crippen molar-refractivity contribution in [2.45, 2.75) is 13.0 Å². The first-order valence-electron chi connectivity index (χ1n) is 9.89. The van der Waals surface area contributed by atoms with E-state index in [4.69, 9.17) is 19.6 Å². The normalized spacial score (nSPS) is 12.8. The molecule has 1 unspecified atom stereocenters. The first kappa shape index (κ1) is 21.6. The number of hydrogen-bond acceptors (Lipinski definition) is 6. The molecule has 32 heavy (non-hydrogen) atoms. The fourth-order valence-electron chi connectivity index (χ4n) is 3.12. The summed E-state index contributed by atoms with van der Waals surface area (Å²) in [5.41, 5.74) is 9.45. The Morgan fingerprint density at radius 3 is 2.53 bits per heavy atom. The summed E-state index contributed by atoms with van der Waals surface area (Å²) < 4.78 is 28.8. The lowest BCUT2D eigenvalue weighted by atomic mass is 10.1. The minimum absolute atomic E-state index is 0.131. The van der Waals surface area contributed by atoms with Crippen LogP contribution in [0.1, 0.15) is 16.8 Å². The van der Waals surface area contributed by atoms with E-state index < -0.39 is 7.60 Å². The fraction of sp³-hybridized carbons (Fsp3) is 0.130. The molecule has 0 amide bonds. The Hall–Kier alpha value is -3.61. The van der Waals surface area contributed by atoms with Crippen LogP contribution in [0, 0.1) is 0 Å². The number of aromatic nitrogens is 2. The number of anilines is 1. The Labute approximate surface area is 185 Å². The van der Waals surface area contributed by atoms with Crippen LogP contribution in [-0.2, 0) is 17.6 Å². The number of nitrogens with zero attached hydrogens (tertiary/aromatic N) is 2. The van der Waals surface area contributed by atoms with Crippen molar-refractivity contribution >= 4 is 13.4 Å². The van der Waals surface area contributed by atoms with E-state index in [1.165, 1.54) is 6.20 Å². The first-order valence-corrected chi connectivity index (χ1v) is 11.9. The molecule has 0 spiro atoms. The standard InChI is InChI=1S/C23H22N3O5P/c1-32(27,28)31-26-13-5-8-21(23(26)24)22-15-19(25-30-22)14-17-9-11-20(12-10-17)29-16-18-6-3-2-4-7-18/h2-13,15,24H,14,16H2,1H3,(H,27,28)/p+1. The third-order valence-electron chi connectivity index (χ3n) is 4.62. The van der Waals surface area contributed by atoms with Gasteiger partial charge in [0, 0.05) is 12.5 Å². The summed E-state index contributed by atoms with van der Waals surface area (Å²) in [6.45, 7) is 1.59. The monoisotopic (exact) mass is 452 g/mol. The summed E-state index contributed by atoms with van der Waals surface area (Å²) in [4.78, 5) is 9.45. The number of rotatable bonds is 8. The van der Waals surface area contributed by atoms with Crippen molar-refractivity contribution in [2.75, 3.05) is 12.4 Å². The van der Waals surface area contributed by atoms with Crippen LogP contribution in [0.3, 0.4) is 0 Å². The van der Waals surface area contributed by atoms with Crippen LogP contribution in [0.2, 0.25) is 0 Å². The van der Waals surface area contributed by atoms with Gasteiger partial charge in [0.25, 0.3) is 0 Å². The summed E-state index contributed by atoms with van der Waals surface area (Å²) in [7, 11) is -3.77. The Kier molecular flexibility index (Phi) is 6.25. The molecule has 0 saturated heterocycles. The Morgan fingerprint density at radius 1 is 1.06 bits per heavy atom. The zero-order chi connectivity index (χ0) is 22.6. The quantitative estimate of drug-likeness (QED) is 0.310. The summed E-state index contributed by atoms with van der Waals surface area (Å²) >= 11 is 0. The molecule has 2 heterocycles. The van der Waals surface area contributed by atoms with Gasteiger partial charge in [-0.15, -0.1) is 0 Å². The van der Waals surface area contributed by atoms with E-state index in [0.717, 1.165) is 34.0 Å². The van der Waals surface area contributed by atoms with Crippen LogP contribution >= 0.6 is 7.60 Å². The minimum Gasteiger partial charge on any atom is -0.489 e. The van der Waals surface area contributed by atoms with Gasteiger partial charge in [-0.1, -0.05) is 47.6 Å².